The number of nitrogens with zero attached hydrogens (tertiary/aromatic N) is 3. The van der Waals surface area contributed by atoms with E-state index >= 15 is 0 Å². The lowest BCUT2D eigenvalue weighted by Gasteiger charge is -2.41. The van der Waals surface area contributed by atoms with Crippen molar-refractivity contribution in [2.45, 2.75) is 45.4 Å². The van der Waals surface area contributed by atoms with E-state index in [4.69, 9.17) is 0 Å². The molecule has 1 aromatic rings. The zero-order valence-corrected chi connectivity index (χ0v) is 14.6. The number of thiazole rings is 1. The van der Waals surface area contributed by atoms with Crippen LogP contribution in [0.2, 0.25) is 0 Å². The molecule has 3 heterocycles. The highest BCUT2D eigenvalue weighted by molar-refractivity contribution is 7.09. The van der Waals surface area contributed by atoms with Gasteiger partial charge in [-0.1, -0.05) is 0 Å². The molecule has 0 N–H and O–H groups in total. The van der Waals surface area contributed by atoms with Crippen LogP contribution in [0.4, 0.5) is 0 Å². The first-order valence-corrected chi connectivity index (χ1v) is 9.32. The number of piperidine rings is 1. The van der Waals surface area contributed by atoms with E-state index in [9.17, 15) is 4.79 Å². The number of carbonyl (C=O) groups is 1. The van der Waals surface area contributed by atoms with Gasteiger partial charge in [-0.25, -0.2) is 4.98 Å². The zero-order valence-electron chi connectivity index (χ0n) is 13.8. The molecule has 1 aromatic heterocycles. The Morgan fingerprint density at radius 1 is 1.23 bits per heavy atom. The van der Waals surface area contributed by atoms with Crippen LogP contribution in [0.3, 0.4) is 0 Å². The number of amides is 1. The Bertz CT molecular complexity index is 520. The zero-order chi connectivity index (χ0) is 15.6. The van der Waals surface area contributed by atoms with Crippen molar-refractivity contribution in [2.75, 3.05) is 33.2 Å². The van der Waals surface area contributed by atoms with E-state index in [-0.39, 0.29) is 0 Å². The predicted octanol–water partition coefficient (Wildman–Crippen LogP) is 2.72. The van der Waals surface area contributed by atoms with Gasteiger partial charge in [-0.15, -0.1) is 11.3 Å². The molecule has 0 saturated carbocycles. The number of likely N-dealkylation sites (tertiary alicyclic amines) is 2. The second-order valence-electron chi connectivity index (χ2n) is 7.01. The van der Waals surface area contributed by atoms with Gasteiger partial charge in [0.15, 0.2) is 0 Å². The maximum Gasteiger partial charge on any atom is 0.222 e. The van der Waals surface area contributed by atoms with Crippen molar-refractivity contribution in [2.24, 2.45) is 5.41 Å². The van der Waals surface area contributed by atoms with Gasteiger partial charge >= 0.3 is 0 Å². The first-order valence-electron chi connectivity index (χ1n) is 8.44. The molecule has 122 valence electrons. The molecule has 0 bridgehead atoms. The Kier molecular flexibility index (Phi) is 4.83. The molecular formula is C17H27N3OS. The summed E-state index contributed by atoms with van der Waals surface area (Å²) >= 11 is 1.75. The third-order valence-electron chi connectivity index (χ3n) is 5.54. The van der Waals surface area contributed by atoms with Gasteiger partial charge in [0.2, 0.25) is 5.91 Å². The SMILES string of the molecule is Cc1nc(CCN2CCC3(CCC(=O)N(C)CC3)CC2)cs1. The lowest BCUT2D eigenvalue weighted by molar-refractivity contribution is -0.129. The maximum atomic E-state index is 11.9. The fourth-order valence-electron chi connectivity index (χ4n) is 3.76. The third-order valence-corrected chi connectivity index (χ3v) is 6.36. The van der Waals surface area contributed by atoms with Crippen molar-refractivity contribution < 1.29 is 4.79 Å². The van der Waals surface area contributed by atoms with Crippen LogP contribution in [-0.4, -0.2) is 53.9 Å². The number of hydrogen-bond acceptors (Lipinski definition) is 4. The van der Waals surface area contributed by atoms with Gasteiger partial charge in [-0.2, -0.15) is 0 Å². The second-order valence-corrected chi connectivity index (χ2v) is 8.08. The van der Waals surface area contributed by atoms with Crippen molar-refractivity contribution in [3.8, 4) is 0 Å². The van der Waals surface area contributed by atoms with Crippen molar-refractivity contribution in [1.29, 1.82) is 0 Å². The molecule has 2 fully saturated rings. The van der Waals surface area contributed by atoms with E-state index in [1.807, 2.05) is 11.9 Å². The lowest BCUT2D eigenvalue weighted by Crippen LogP contribution is -2.41. The van der Waals surface area contributed by atoms with Crippen LogP contribution in [0.15, 0.2) is 5.38 Å². The summed E-state index contributed by atoms with van der Waals surface area (Å²) in [6.45, 7) is 6.50. The largest absolute Gasteiger partial charge is 0.346 e. The van der Waals surface area contributed by atoms with Crippen LogP contribution in [0.25, 0.3) is 0 Å². The predicted molar refractivity (Wildman–Crippen MR) is 90.2 cm³/mol. The Morgan fingerprint density at radius 3 is 2.64 bits per heavy atom. The summed E-state index contributed by atoms with van der Waals surface area (Å²) in [5, 5.41) is 3.35. The third kappa shape index (κ3) is 3.69. The highest BCUT2D eigenvalue weighted by Crippen LogP contribution is 2.41. The molecule has 3 rings (SSSR count). The lowest BCUT2D eigenvalue weighted by atomic mass is 9.73. The first kappa shape index (κ1) is 15.9. The summed E-state index contributed by atoms with van der Waals surface area (Å²) in [7, 11) is 1.95. The Labute approximate surface area is 137 Å². The van der Waals surface area contributed by atoms with Crippen molar-refractivity contribution in [3.05, 3.63) is 16.1 Å². The van der Waals surface area contributed by atoms with Crippen LogP contribution in [-0.2, 0) is 11.2 Å². The molecule has 1 spiro atoms. The van der Waals surface area contributed by atoms with E-state index in [0.717, 1.165) is 32.4 Å². The monoisotopic (exact) mass is 321 g/mol. The van der Waals surface area contributed by atoms with E-state index in [0.29, 0.717) is 11.3 Å². The molecule has 4 nitrogen and oxygen atoms in total. The topological polar surface area (TPSA) is 36.4 Å². The van der Waals surface area contributed by atoms with E-state index in [1.165, 1.54) is 43.1 Å². The summed E-state index contributed by atoms with van der Waals surface area (Å²) in [4.78, 5) is 20.9. The van der Waals surface area contributed by atoms with Gasteiger partial charge in [-0.05, 0) is 51.1 Å². The molecule has 2 aliphatic rings. The first-order chi connectivity index (χ1) is 10.6. The molecule has 2 aliphatic heterocycles. The van der Waals surface area contributed by atoms with Gasteiger partial charge < -0.3 is 9.80 Å². The van der Waals surface area contributed by atoms with Gasteiger partial charge in [0.05, 0.1) is 10.7 Å². The quantitative estimate of drug-likeness (QED) is 0.859. The molecular weight excluding hydrogens is 294 g/mol. The molecule has 0 aliphatic carbocycles. The van der Waals surface area contributed by atoms with Crippen LogP contribution in [0, 0.1) is 12.3 Å². The molecule has 1 amide bonds. The summed E-state index contributed by atoms with van der Waals surface area (Å²) < 4.78 is 0. The minimum atomic E-state index is 0.332. The smallest absolute Gasteiger partial charge is 0.222 e. The Hall–Kier alpha value is -0.940. The van der Waals surface area contributed by atoms with Gasteiger partial charge in [0.1, 0.15) is 0 Å². The van der Waals surface area contributed by atoms with E-state index in [1.54, 1.807) is 11.3 Å². The van der Waals surface area contributed by atoms with Crippen LogP contribution >= 0.6 is 11.3 Å². The van der Waals surface area contributed by atoms with E-state index < -0.39 is 0 Å². The molecule has 0 aromatic carbocycles. The molecule has 0 unspecified atom stereocenters. The molecule has 22 heavy (non-hydrogen) atoms. The van der Waals surface area contributed by atoms with Crippen LogP contribution in [0.1, 0.15) is 42.8 Å². The summed E-state index contributed by atoms with van der Waals surface area (Å²) in [5.74, 6) is 0.332. The maximum absolute atomic E-state index is 11.9. The van der Waals surface area contributed by atoms with Gasteiger partial charge in [0, 0.05) is 38.4 Å². The second kappa shape index (κ2) is 6.67. The molecule has 5 heteroatoms. The normalized spacial score (nSPS) is 23.0. The fourth-order valence-corrected chi connectivity index (χ4v) is 4.41. The van der Waals surface area contributed by atoms with E-state index in [2.05, 4.69) is 22.2 Å². The highest BCUT2D eigenvalue weighted by atomic mass is 32.1. The summed E-state index contributed by atoms with van der Waals surface area (Å²) in [6.07, 6.45) is 6.60. The number of hydrogen-bond donors (Lipinski definition) is 0. The van der Waals surface area contributed by atoms with Crippen molar-refractivity contribution in [3.63, 3.8) is 0 Å². The van der Waals surface area contributed by atoms with Gasteiger partial charge in [-0.3, -0.25) is 4.79 Å². The molecule has 0 atom stereocenters. The Morgan fingerprint density at radius 2 is 1.95 bits per heavy atom. The minimum Gasteiger partial charge on any atom is -0.346 e. The Balaban J connectivity index is 1.48. The number of rotatable bonds is 3. The number of aryl methyl sites for hydroxylation is 1. The molecule has 0 radical (unpaired) electrons. The summed E-state index contributed by atoms with van der Waals surface area (Å²) in [5.41, 5.74) is 1.66. The average Bonchev–Trinajstić information content (AvgIpc) is 2.89. The van der Waals surface area contributed by atoms with Crippen LogP contribution in [0.5, 0.6) is 0 Å². The van der Waals surface area contributed by atoms with Crippen molar-refractivity contribution in [1.82, 2.24) is 14.8 Å². The van der Waals surface area contributed by atoms with Crippen LogP contribution < -0.4 is 0 Å². The standard InChI is InChI=1S/C17H27N3OS/c1-14-18-15(13-22-14)4-9-20-11-7-17(8-12-20)5-3-16(21)19(2)10-6-17/h13H,3-12H2,1-2H3. The molecule has 2 saturated heterocycles. The van der Waals surface area contributed by atoms with Crippen molar-refractivity contribution >= 4 is 17.2 Å². The fraction of sp³-hybridized carbons (Fsp3) is 0.765. The number of carbonyl (C=O) groups excluding carboxylic acids is 1. The van der Waals surface area contributed by atoms with Gasteiger partial charge in [0.25, 0.3) is 0 Å². The average molecular weight is 321 g/mol. The highest BCUT2D eigenvalue weighted by Gasteiger charge is 2.37. The summed E-state index contributed by atoms with van der Waals surface area (Å²) in [6, 6.07) is 0. The number of aromatic nitrogens is 1. The minimum absolute atomic E-state index is 0.332.